The van der Waals surface area contributed by atoms with Crippen molar-refractivity contribution in [2.24, 2.45) is 0 Å². The molecular weight excluding hydrogens is 346 g/mol. The van der Waals surface area contributed by atoms with E-state index in [0.717, 1.165) is 17.7 Å². The highest BCUT2D eigenvalue weighted by Crippen LogP contribution is 2.21. The quantitative estimate of drug-likeness (QED) is 0.458. The van der Waals surface area contributed by atoms with Gasteiger partial charge in [0, 0.05) is 11.8 Å². The smallest absolute Gasteiger partial charge is 0.234 e. The first-order chi connectivity index (χ1) is 12.6. The number of nitrogens with zero attached hydrogens (tertiary/aromatic N) is 2. The zero-order valence-corrected chi connectivity index (χ0v) is 14.9. The van der Waals surface area contributed by atoms with Gasteiger partial charge in [-0.2, -0.15) is 0 Å². The van der Waals surface area contributed by atoms with Gasteiger partial charge in [-0.25, -0.2) is 9.97 Å². The Labute approximate surface area is 156 Å². The van der Waals surface area contributed by atoms with Crippen LogP contribution in [-0.2, 0) is 11.2 Å². The highest BCUT2D eigenvalue weighted by molar-refractivity contribution is 7.99. The lowest BCUT2D eigenvalue weighted by Crippen LogP contribution is -2.15. The Morgan fingerprint density at radius 3 is 2.35 bits per heavy atom. The first-order valence-corrected chi connectivity index (χ1v) is 9.03. The minimum Gasteiger partial charge on any atom is -0.383 e. The number of benzene rings is 2. The fourth-order valence-electron chi connectivity index (χ4n) is 2.46. The molecule has 0 bridgehead atoms. The molecule has 7 heteroatoms. The van der Waals surface area contributed by atoms with Crippen LogP contribution in [0.3, 0.4) is 0 Å². The Hall–Kier alpha value is -3.06. The number of hydrogen-bond donors (Lipinski definition) is 3. The van der Waals surface area contributed by atoms with Gasteiger partial charge in [-0.3, -0.25) is 4.79 Å². The average Bonchev–Trinajstić information content (AvgIpc) is 2.62. The van der Waals surface area contributed by atoms with Gasteiger partial charge in [0.2, 0.25) is 5.91 Å². The Kier molecular flexibility index (Phi) is 5.70. The van der Waals surface area contributed by atoms with Gasteiger partial charge in [0.25, 0.3) is 0 Å². The summed E-state index contributed by atoms with van der Waals surface area (Å²) in [6, 6.07) is 19.4. The molecule has 0 saturated heterocycles. The summed E-state index contributed by atoms with van der Waals surface area (Å²) < 4.78 is 0. The highest BCUT2D eigenvalue weighted by atomic mass is 32.2. The zero-order chi connectivity index (χ0) is 18.4. The van der Waals surface area contributed by atoms with Gasteiger partial charge in [-0.1, -0.05) is 60.3 Å². The Bertz CT molecular complexity index is 881. The second kappa shape index (κ2) is 8.35. The predicted molar refractivity (Wildman–Crippen MR) is 106 cm³/mol. The summed E-state index contributed by atoms with van der Waals surface area (Å²) in [6.45, 7) is 0. The molecule has 1 heterocycles. The van der Waals surface area contributed by atoms with Crippen molar-refractivity contribution < 1.29 is 4.79 Å². The van der Waals surface area contributed by atoms with Gasteiger partial charge >= 0.3 is 0 Å². The van der Waals surface area contributed by atoms with Crippen molar-refractivity contribution in [1.82, 2.24) is 9.97 Å². The van der Waals surface area contributed by atoms with Crippen molar-refractivity contribution in [1.29, 1.82) is 0 Å². The first kappa shape index (κ1) is 17.8. The summed E-state index contributed by atoms with van der Waals surface area (Å²) in [5.74, 6) is 0.602. The maximum absolute atomic E-state index is 12.3. The normalized spacial score (nSPS) is 10.5. The van der Waals surface area contributed by atoms with Gasteiger partial charge < -0.3 is 16.8 Å². The molecule has 0 atom stereocenters. The lowest BCUT2D eigenvalue weighted by atomic mass is 10.0. The third-order valence-electron chi connectivity index (χ3n) is 3.61. The molecular formula is C19H19N5OS. The molecule has 1 aromatic heterocycles. The summed E-state index contributed by atoms with van der Waals surface area (Å²) in [6.07, 6.45) is 0.749. The zero-order valence-electron chi connectivity index (χ0n) is 14.1. The first-order valence-electron chi connectivity index (χ1n) is 8.04. The van der Waals surface area contributed by atoms with E-state index in [-0.39, 0.29) is 23.3 Å². The van der Waals surface area contributed by atoms with E-state index in [1.54, 1.807) is 0 Å². The van der Waals surface area contributed by atoms with Crippen LogP contribution in [0.15, 0.2) is 65.8 Å². The number of nitrogens with one attached hydrogen (secondary N) is 1. The largest absolute Gasteiger partial charge is 0.383 e. The van der Waals surface area contributed by atoms with Crippen LogP contribution < -0.4 is 16.8 Å². The standard InChI is InChI=1S/C19H19N5OS/c20-16-11-17(21)24-19(23-16)26-12-18(25)22-15-9-5-4-8-14(15)10-13-6-2-1-3-7-13/h1-9,11H,10,12H2,(H,22,25)(H4,20,21,23,24). The van der Waals surface area contributed by atoms with Gasteiger partial charge in [0.1, 0.15) is 11.6 Å². The molecule has 3 aromatic rings. The number of nitrogen functional groups attached to an aromatic ring is 2. The van der Waals surface area contributed by atoms with Crippen LogP contribution in [-0.4, -0.2) is 21.6 Å². The average molecular weight is 365 g/mol. The Morgan fingerprint density at radius 1 is 0.962 bits per heavy atom. The number of anilines is 3. The minimum absolute atomic E-state index is 0.139. The number of hydrogen-bond acceptors (Lipinski definition) is 6. The number of nitrogens with two attached hydrogens (primary N) is 2. The third kappa shape index (κ3) is 4.97. The van der Waals surface area contributed by atoms with E-state index >= 15 is 0 Å². The summed E-state index contributed by atoms with van der Waals surface area (Å²) >= 11 is 1.19. The van der Waals surface area contributed by atoms with E-state index in [1.165, 1.54) is 23.4 Å². The molecule has 1 amide bonds. The molecule has 6 nitrogen and oxygen atoms in total. The van der Waals surface area contributed by atoms with E-state index in [9.17, 15) is 4.79 Å². The molecule has 0 aliphatic rings. The van der Waals surface area contributed by atoms with Crippen LogP contribution in [0.25, 0.3) is 0 Å². The van der Waals surface area contributed by atoms with Crippen LogP contribution in [0.5, 0.6) is 0 Å². The maximum atomic E-state index is 12.3. The number of rotatable bonds is 6. The molecule has 0 aliphatic carbocycles. The highest BCUT2D eigenvalue weighted by Gasteiger charge is 2.10. The Balaban J connectivity index is 1.64. The lowest BCUT2D eigenvalue weighted by Gasteiger charge is -2.11. The van der Waals surface area contributed by atoms with Crippen molar-refractivity contribution in [2.75, 3.05) is 22.5 Å². The van der Waals surface area contributed by atoms with Crippen molar-refractivity contribution in [3.63, 3.8) is 0 Å². The number of amides is 1. The predicted octanol–water partition coefficient (Wildman–Crippen LogP) is 2.96. The molecule has 5 N–H and O–H groups in total. The van der Waals surface area contributed by atoms with Gasteiger partial charge in [-0.15, -0.1) is 0 Å². The van der Waals surface area contributed by atoms with Crippen LogP contribution in [0, 0.1) is 0 Å². The summed E-state index contributed by atoms with van der Waals surface area (Å²) in [5, 5.41) is 3.34. The minimum atomic E-state index is -0.139. The molecule has 0 spiro atoms. The number of carbonyl (C=O) groups is 1. The van der Waals surface area contributed by atoms with E-state index in [4.69, 9.17) is 11.5 Å². The SMILES string of the molecule is Nc1cc(N)nc(SCC(=O)Nc2ccccc2Cc2ccccc2)n1. The van der Waals surface area contributed by atoms with E-state index < -0.39 is 0 Å². The molecule has 26 heavy (non-hydrogen) atoms. The molecule has 132 valence electrons. The fraction of sp³-hybridized carbons (Fsp3) is 0.105. The molecule has 0 radical (unpaired) electrons. The van der Waals surface area contributed by atoms with Crippen molar-refractivity contribution in [3.8, 4) is 0 Å². The summed E-state index contributed by atoms with van der Waals surface area (Å²) in [5.41, 5.74) is 14.3. The summed E-state index contributed by atoms with van der Waals surface area (Å²) in [4.78, 5) is 20.4. The van der Waals surface area contributed by atoms with Gasteiger partial charge in [-0.05, 0) is 23.6 Å². The molecule has 0 saturated carbocycles. The molecule has 0 fully saturated rings. The third-order valence-corrected chi connectivity index (χ3v) is 4.45. The molecule has 2 aromatic carbocycles. The molecule has 0 aliphatic heterocycles. The van der Waals surface area contributed by atoms with Crippen LogP contribution in [0.4, 0.5) is 17.3 Å². The number of carbonyl (C=O) groups excluding carboxylic acids is 1. The number of aromatic nitrogens is 2. The van der Waals surface area contributed by atoms with Crippen LogP contribution in [0.2, 0.25) is 0 Å². The number of para-hydroxylation sites is 1. The topological polar surface area (TPSA) is 107 Å². The monoisotopic (exact) mass is 365 g/mol. The fourth-order valence-corrected chi connectivity index (χ4v) is 3.13. The second-order valence-corrected chi connectivity index (χ2v) is 6.60. The molecule has 0 unspecified atom stereocenters. The maximum Gasteiger partial charge on any atom is 0.234 e. The van der Waals surface area contributed by atoms with Crippen LogP contribution >= 0.6 is 11.8 Å². The second-order valence-electron chi connectivity index (χ2n) is 5.66. The van der Waals surface area contributed by atoms with Crippen molar-refractivity contribution >= 4 is 35.0 Å². The van der Waals surface area contributed by atoms with Gasteiger partial charge in [0.05, 0.1) is 5.75 Å². The van der Waals surface area contributed by atoms with E-state index in [2.05, 4.69) is 27.4 Å². The van der Waals surface area contributed by atoms with Crippen molar-refractivity contribution in [3.05, 3.63) is 71.8 Å². The number of thioether (sulfide) groups is 1. The van der Waals surface area contributed by atoms with E-state index in [1.807, 2.05) is 42.5 Å². The summed E-state index contributed by atoms with van der Waals surface area (Å²) in [7, 11) is 0. The molecule has 3 rings (SSSR count). The van der Waals surface area contributed by atoms with Crippen LogP contribution in [0.1, 0.15) is 11.1 Å². The van der Waals surface area contributed by atoms with Gasteiger partial charge in [0.15, 0.2) is 5.16 Å². The van der Waals surface area contributed by atoms with E-state index in [0.29, 0.717) is 5.16 Å². The van der Waals surface area contributed by atoms with Crippen molar-refractivity contribution in [2.45, 2.75) is 11.6 Å². The lowest BCUT2D eigenvalue weighted by molar-refractivity contribution is -0.113. The Morgan fingerprint density at radius 2 is 1.62 bits per heavy atom.